The molecule has 0 aromatic heterocycles. The summed E-state index contributed by atoms with van der Waals surface area (Å²) in [7, 11) is 1.67. The predicted molar refractivity (Wildman–Crippen MR) is 96.0 cm³/mol. The van der Waals surface area contributed by atoms with Gasteiger partial charge in [-0.25, -0.2) is 4.39 Å². The van der Waals surface area contributed by atoms with Gasteiger partial charge < -0.3 is 10.1 Å². The van der Waals surface area contributed by atoms with Crippen molar-refractivity contribution in [1.29, 1.82) is 0 Å². The molecule has 1 aliphatic rings. The largest absolute Gasteiger partial charge is 0.497 e. The van der Waals surface area contributed by atoms with E-state index in [0.29, 0.717) is 0 Å². The molecule has 1 saturated heterocycles. The van der Waals surface area contributed by atoms with Crippen molar-refractivity contribution in [1.82, 2.24) is 4.90 Å². The van der Waals surface area contributed by atoms with Crippen LogP contribution in [0.3, 0.4) is 0 Å². The van der Waals surface area contributed by atoms with E-state index in [2.05, 4.69) is 16.3 Å². The first-order valence-corrected chi connectivity index (χ1v) is 8.56. The second-order valence-electron chi connectivity index (χ2n) is 6.37. The molecule has 1 amide bonds. The minimum Gasteiger partial charge on any atom is -0.497 e. The molecule has 1 aliphatic heterocycles. The van der Waals surface area contributed by atoms with E-state index < -0.39 is 5.82 Å². The number of likely N-dealkylation sites (tertiary alicyclic amines) is 1. The molecule has 3 rings (SSSR count). The summed E-state index contributed by atoms with van der Waals surface area (Å²) in [5, 5.41) is 2.71. The quantitative estimate of drug-likeness (QED) is 0.901. The van der Waals surface area contributed by atoms with E-state index in [9.17, 15) is 9.18 Å². The molecule has 0 atom stereocenters. The Morgan fingerprint density at radius 2 is 1.96 bits per heavy atom. The van der Waals surface area contributed by atoms with Crippen molar-refractivity contribution in [3.05, 3.63) is 59.9 Å². The van der Waals surface area contributed by atoms with E-state index in [0.717, 1.165) is 38.2 Å². The summed E-state index contributed by atoms with van der Waals surface area (Å²) in [4.78, 5) is 14.7. The van der Waals surface area contributed by atoms with Crippen LogP contribution in [-0.2, 0) is 11.3 Å². The standard InChI is InChI=1S/C20H23FN2O2/c1-25-17-6-4-5-15(13-17)14-23-11-9-16(10-12-23)20(24)22-19-8-3-2-7-18(19)21/h2-8,13,16H,9-12,14H2,1H3,(H,22,24). The van der Waals surface area contributed by atoms with Crippen molar-refractivity contribution in [3.63, 3.8) is 0 Å². The summed E-state index contributed by atoms with van der Waals surface area (Å²) in [6.07, 6.45) is 1.56. The number of ether oxygens (including phenoxy) is 1. The summed E-state index contributed by atoms with van der Waals surface area (Å²) in [6, 6.07) is 14.3. The summed E-state index contributed by atoms with van der Waals surface area (Å²) < 4.78 is 18.9. The SMILES string of the molecule is COc1cccc(CN2CCC(C(=O)Nc3ccccc3F)CC2)c1. The van der Waals surface area contributed by atoms with Crippen LogP contribution in [0.15, 0.2) is 48.5 Å². The van der Waals surface area contributed by atoms with Crippen molar-refractivity contribution in [2.45, 2.75) is 19.4 Å². The Kier molecular flexibility index (Phi) is 5.66. The molecule has 132 valence electrons. The number of methoxy groups -OCH3 is 1. The normalized spacial score (nSPS) is 15.8. The summed E-state index contributed by atoms with van der Waals surface area (Å²) in [5.41, 5.74) is 1.46. The zero-order chi connectivity index (χ0) is 17.6. The molecule has 25 heavy (non-hydrogen) atoms. The van der Waals surface area contributed by atoms with Gasteiger partial charge in [0.15, 0.2) is 0 Å². The van der Waals surface area contributed by atoms with E-state index in [1.165, 1.54) is 11.6 Å². The fourth-order valence-electron chi connectivity index (χ4n) is 3.18. The molecule has 0 bridgehead atoms. The number of amides is 1. The lowest BCUT2D eigenvalue weighted by Crippen LogP contribution is -2.37. The lowest BCUT2D eigenvalue weighted by molar-refractivity contribution is -0.121. The number of benzene rings is 2. The van der Waals surface area contributed by atoms with E-state index in [-0.39, 0.29) is 17.5 Å². The maximum atomic E-state index is 13.7. The Labute approximate surface area is 147 Å². The van der Waals surface area contributed by atoms with Crippen LogP contribution >= 0.6 is 0 Å². The third-order valence-electron chi connectivity index (χ3n) is 4.63. The van der Waals surface area contributed by atoms with Gasteiger partial charge >= 0.3 is 0 Å². The van der Waals surface area contributed by atoms with Crippen molar-refractivity contribution in [3.8, 4) is 5.75 Å². The lowest BCUT2D eigenvalue weighted by Gasteiger charge is -2.31. The van der Waals surface area contributed by atoms with E-state index in [1.807, 2.05) is 18.2 Å². The van der Waals surface area contributed by atoms with Crippen molar-refractivity contribution >= 4 is 11.6 Å². The van der Waals surface area contributed by atoms with Gasteiger partial charge in [0.25, 0.3) is 0 Å². The first-order chi connectivity index (χ1) is 12.2. The first kappa shape index (κ1) is 17.4. The number of hydrogen-bond acceptors (Lipinski definition) is 3. The summed E-state index contributed by atoms with van der Waals surface area (Å²) >= 11 is 0. The maximum absolute atomic E-state index is 13.7. The molecule has 2 aromatic rings. The molecule has 1 fully saturated rings. The van der Waals surface area contributed by atoms with Gasteiger partial charge in [-0.3, -0.25) is 9.69 Å². The van der Waals surface area contributed by atoms with Gasteiger partial charge in [-0.2, -0.15) is 0 Å². The van der Waals surface area contributed by atoms with Gasteiger partial charge in [0, 0.05) is 12.5 Å². The monoisotopic (exact) mass is 342 g/mol. The average molecular weight is 342 g/mol. The number of halogens is 1. The fraction of sp³-hybridized carbons (Fsp3) is 0.350. The molecule has 0 unspecified atom stereocenters. The zero-order valence-electron chi connectivity index (χ0n) is 14.4. The Morgan fingerprint density at radius 3 is 2.68 bits per heavy atom. The Morgan fingerprint density at radius 1 is 1.20 bits per heavy atom. The predicted octanol–water partition coefficient (Wildman–Crippen LogP) is 3.69. The minimum absolute atomic E-state index is 0.0684. The number of nitrogens with zero attached hydrogens (tertiary/aromatic N) is 1. The highest BCUT2D eigenvalue weighted by molar-refractivity contribution is 5.92. The zero-order valence-corrected chi connectivity index (χ0v) is 14.4. The van der Waals surface area contributed by atoms with Crippen molar-refractivity contribution in [2.24, 2.45) is 5.92 Å². The average Bonchev–Trinajstić information content (AvgIpc) is 2.64. The Hall–Kier alpha value is -2.40. The summed E-state index contributed by atoms with van der Waals surface area (Å²) in [6.45, 7) is 2.55. The molecule has 0 aliphatic carbocycles. The smallest absolute Gasteiger partial charge is 0.227 e. The molecule has 4 nitrogen and oxygen atoms in total. The Bertz CT molecular complexity index is 727. The van der Waals surface area contributed by atoms with Crippen LogP contribution in [0, 0.1) is 11.7 Å². The van der Waals surface area contributed by atoms with Gasteiger partial charge in [-0.05, 0) is 55.8 Å². The molecular formula is C20H23FN2O2. The lowest BCUT2D eigenvalue weighted by atomic mass is 9.95. The van der Waals surface area contributed by atoms with Gasteiger partial charge in [-0.1, -0.05) is 24.3 Å². The number of nitrogens with one attached hydrogen (secondary N) is 1. The fourth-order valence-corrected chi connectivity index (χ4v) is 3.18. The van der Waals surface area contributed by atoms with Gasteiger partial charge in [0.05, 0.1) is 12.8 Å². The van der Waals surface area contributed by atoms with Crippen LogP contribution in [0.1, 0.15) is 18.4 Å². The van der Waals surface area contributed by atoms with Crippen LogP contribution in [0.2, 0.25) is 0 Å². The number of para-hydroxylation sites is 1. The molecule has 0 saturated carbocycles. The number of rotatable bonds is 5. The van der Waals surface area contributed by atoms with E-state index in [4.69, 9.17) is 4.74 Å². The molecule has 0 radical (unpaired) electrons. The van der Waals surface area contributed by atoms with Crippen LogP contribution in [0.4, 0.5) is 10.1 Å². The number of carbonyl (C=O) groups excluding carboxylic acids is 1. The number of hydrogen-bond donors (Lipinski definition) is 1. The highest BCUT2D eigenvalue weighted by atomic mass is 19.1. The van der Waals surface area contributed by atoms with E-state index >= 15 is 0 Å². The van der Waals surface area contributed by atoms with Crippen LogP contribution in [0.25, 0.3) is 0 Å². The topological polar surface area (TPSA) is 41.6 Å². The molecule has 5 heteroatoms. The second kappa shape index (κ2) is 8.12. The molecule has 2 aromatic carbocycles. The number of carbonyl (C=O) groups is 1. The van der Waals surface area contributed by atoms with Crippen LogP contribution in [0.5, 0.6) is 5.75 Å². The minimum atomic E-state index is -0.397. The maximum Gasteiger partial charge on any atom is 0.227 e. The molecular weight excluding hydrogens is 319 g/mol. The number of piperidine rings is 1. The van der Waals surface area contributed by atoms with Crippen molar-refractivity contribution in [2.75, 3.05) is 25.5 Å². The van der Waals surface area contributed by atoms with Crippen molar-refractivity contribution < 1.29 is 13.9 Å². The molecule has 1 N–H and O–H groups in total. The van der Waals surface area contributed by atoms with Gasteiger partial charge in [-0.15, -0.1) is 0 Å². The first-order valence-electron chi connectivity index (χ1n) is 8.56. The third-order valence-corrected chi connectivity index (χ3v) is 4.63. The van der Waals surface area contributed by atoms with Gasteiger partial charge in [0.1, 0.15) is 11.6 Å². The van der Waals surface area contributed by atoms with Crippen LogP contribution < -0.4 is 10.1 Å². The third kappa shape index (κ3) is 4.57. The highest BCUT2D eigenvalue weighted by Crippen LogP contribution is 2.23. The van der Waals surface area contributed by atoms with E-state index in [1.54, 1.807) is 25.3 Å². The molecule has 1 heterocycles. The number of anilines is 1. The second-order valence-corrected chi connectivity index (χ2v) is 6.37. The van der Waals surface area contributed by atoms with Crippen LogP contribution in [-0.4, -0.2) is 31.0 Å². The summed E-state index contributed by atoms with van der Waals surface area (Å²) in [5.74, 6) is 0.301. The Balaban J connectivity index is 1.51. The highest BCUT2D eigenvalue weighted by Gasteiger charge is 2.25. The molecule has 0 spiro atoms. The van der Waals surface area contributed by atoms with Gasteiger partial charge in [0.2, 0.25) is 5.91 Å².